The second-order valence-corrected chi connectivity index (χ2v) is 9.75. The zero-order valence-electron chi connectivity index (χ0n) is 21.5. The first kappa shape index (κ1) is 24.1. The lowest BCUT2D eigenvalue weighted by Crippen LogP contribution is -2.43. The van der Waals surface area contributed by atoms with E-state index in [0.717, 1.165) is 56.8 Å². The number of carbonyl (C=O) groups is 1. The minimum Gasteiger partial charge on any atom is -0.369 e. The first-order valence-electron chi connectivity index (χ1n) is 13.3. The zero-order chi connectivity index (χ0) is 26.1. The highest BCUT2D eigenvalue weighted by Gasteiger charge is 2.19. The molecule has 2 aromatic carbocycles. The molecule has 1 aliphatic carbocycles. The Kier molecular flexibility index (Phi) is 6.51. The molecule has 38 heavy (non-hydrogen) atoms. The summed E-state index contributed by atoms with van der Waals surface area (Å²) in [7, 11) is 0. The fraction of sp³-hybridized carbons (Fsp3) is 0.310. The van der Waals surface area contributed by atoms with Crippen LogP contribution >= 0.6 is 0 Å². The molecule has 2 aliphatic rings. The lowest BCUT2D eigenvalue weighted by Gasteiger charge is -2.29. The summed E-state index contributed by atoms with van der Waals surface area (Å²) < 4.78 is 1.83. The van der Waals surface area contributed by atoms with Crippen LogP contribution in [-0.2, 0) is 12.8 Å². The van der Waals surface area contributed by atoms with E-state index in [9.17, 15) is 9.59 Å². The molecule has 4 aromatic rings. The van der Waals surface area contributed by atoms with E-state index in [1.165, 1.54) is 23.0 Å². The number of amides is 1. The van der Waals surface area contributed by atoms with Gasteiger partial charge in [0.15, 0.2) is 5.65 Å². The average Bonchev–Trinajstić information content (AvgIpc) is 3.42. The maximum Gasteiger partial charge on any atom is 0.256 e. The standard InChI is InChI=1S/C29H31N7O2/c1-2-31-28(38)25-18-36(23-9-6-19-4-3-5-20(19)16-23)27-24(26(25)37)17-32-29(34-27)33-21-7-10-22(11-8-21)35-14-12-30-13-15-35/h6-11,16-18,30H,2-5,12-15H2,1H3,(H,31,38)(H,32,33,34). The highest BCUT2D eigenvalue weighted by Crippen LogP contribution is 2.26. The summed E-state index contributed by atoms with van der Waals surface area (Å²) in [5, 5.41) is 9.70. The smallest absolute Gasteiger partial charge is 0.256 e. The molecule has 3 heterocycles. The van der Waals surface area contributed by atoms with Crippen molar-refractivity contribution in [3.63, 3.8) is 0 Å². The monoisotopic (exact) mass is 509 g/mol. The van der Waals surface area contributed by atoms with E-state index >= 15 is 0 Å². The number of carbonyl (C=O) groups excluding carboxylic acids is 1. The number of piperazine rings is 1. The number of benzene rings is 2. The minimum absolute atomic E-state index is 0.0765. The molecule has 9 nitrogen and oxygen atoms in total. The molecule has 1 aliphatic heterocycles. The normalized spacial score (nSPS) is 14.9. The Labute approximate surface area is 220 Å². The van der Waals surface area contributed by atoms with Gasteiger partial charge in [0, 0.05) is 62.2 Å². The first-order chi connectivity index (χ1) is 18.6. The molecule has 0 spiro atoms. The average molecular weight is 510 g/mol. The number of nitrogens with zero attached hydrogens (tertiary/aromatic N) is 4. The predicted octanol–water partition coefficient (Wildman–Crippen LogP) is 3.17. The van der Waals surface area contributed by atoms with Gasteiger partial charge in [0.25, 0.3) is 5.91 Å². The SMILES string of the molecule is CCNC(=O)c1cn(-c2ccc3c(c2)CCC3)c2nc(Nc3ccc(N4CCNCC4)cc3)ncc2c1=O. The molecule has 2 aromatic heterocycles. The van der Waals surface area contributed by atoms with Crippen LogP contribution in [0.2, 0.25) is 0 Å². The lowest BCUT2D eigenvalue weighted by molar-refractivity contribution is 0.0954. The van der Waals surface area contributed by atoms with E-state index in [1.807, 2.05) is 29.7 Å². The van der Waals surface area contributed by atoms with Gasteiger partial charge < -0.3 is 25.4 Å². The zero-order valence-corrected chi connectivity index (χ0v) is 21.5. The van der Waals surface area contributed by atoms with Gasteiger partial charge in [-0.15, -0.1) is 0 Å². The number of pyridine rings is 1. The van der Waals surface area contributed by atoms with Crippen molar-refractivity contribution < 1.29 is 4.79 Å². The van der Waals surface area contributed by atoms with Crippen LogP contribution < -0.4 is 26.3 Å². The largest absolute Gasteiger partial charge is 0.369 e. The third-order valence-corrected chi connectivity index (χ3v) is 7.29. The number of hydrogen-bond acceptors (Lipinski definition) is 7. The van der Waals surface area contributed by atoms with Gasteiger partial charge in [-0.2, -0.15) is 4.98 Å². The van der Waals surface area contributed by atoms with E-state index in [1.54, 1.807) is 6.20 Å². The molecular weight excluding hydrogens is 478 g/mol. The van der Waals surface area contributed by atoms with Crippen LogP contribution in [0.25, 0.3) is 16.7 Å². The molecule has 0 radical (unpaired) electrons. The third kappa shape index (κ3) is 4.61. The van der Waals surface area contributed by atoms with E-state index in [4.69, 9.17) is 4.98 Å². The molecule has 0 atom stereocenters. The van der Waals surface area contributed by atoms with Gasteiger partial charge in [0.05, 0.1) is 5.39 Å². The summed E-state index contributed by atoms with van der Waals surface area (Å²) >= 11 is 0. The van der Waals surface area contributed by atoms with Crippen molar-refractivity contribution in [2.24, 2.45) is 0 Å². The maximum absolute atomic E-state index is 13.3. The molecule has 1 amide bonds. The molecular formula is C29H31N7O2. The van der Waals surface area contributed by atoms with Gasteiger partial charge in [0.1, 0.15) is 5.56 Å². The Morgan fingerprint density at radius 2 is 1.79 bits per heavy atom. The van der Waals surface area contributed by atoms with Gasteiger partial charge in [0.2, 0.25) is 11.4 Å². The number of fused-ring (bicyclic) bond motifs is 2. The molecule has 0 unspecified atom stereocenters. The topological polar surface area (TPSA) is 104 Å². The molecule has 3 N–H and O–H groups in total. The summed E-state index contributed by atoms with van der Waals surface area (Å²) in [5.41, 5.74) is 5.70. The number of aryl methyl sites for hydroxylation is 2. The number of hydrogen-bond donors (Lipinski definition) is 3. The van der Waals surface area contributed by atoms with Crippen LogP contribution in [0.5, 0.6) is 0 Å². The number of aromatic nitrogens is 3. The maximum atomic E-state index is 13.3. The fourth-order valence-corrected chi connectivity index (χ4v) is 5.30. The Hall–Kier alpha value is -4.24. The lowest BCUT2D eigenvalue weighted by atomic mass is 10.1. The van der Waals surface area contributed by atoms with E-state index in [0.29, 0.717) is 23.5 Å². The van der Waals surface area contributed by atoms with Crippen LogP contribution in [0.15, 0.2) is 59.7 Å². The van der Waals surface area contributed by atoms with Crippen molar-refractivity contribution in [2.45, 2.75) is 26.2 Å². The number of anilines is 3. The third-order valence-electron chi connectivity index (χ3n) is 7.29. The quantitative estimate of drug-likeness (QED) is 0.367. The van der Waals surface area contributed by atoms with E-state index < -0.39 is 5.91 Å². The van der Waals surface area contributed by atoms with Crippen molar-refractivity contribution in [2.75, 3.05) is 42.9 Å². The van der Waals surface area contributed by atoms with Crippen molar-refractivity contribution >= 4 is 34.3 Å². The molecule has 0 saturated carbocycles. The summed E-state index contributed by atoms with van der Waals surface area (Å²) in [6, 6.07) is 14.5. The van der Waals surface area contributed by atoms with E-state index in [-0.39, 0.29) is 11.0 Å². The summed E-state index contributed by atoms with van der Waals surface area (Å²) in [4.78, 5) is 37.6. The molecule has 1 saturated heterocycles. The molecule has 1 fully saturated rings. The number of nitrogens with one attached hydrogen (secondary N) is 3. The summed E-state index contributed by atoms with van der Waals surface area (Å²) in [6.45, 7) is 6.20. The van der Waals surface area contributed by atoms with Crippen molar-refractivity contribution in [1.29, 1.82) is 0 Å². The number of rotatable bonds is 6. The van der Waals surface area contributed by atoms with Gasteiger partial charge in [-0.1, -0.05) is 6.07 Å². The molecule has 0 bridgehead atoms. The van der Waals surface area contributed by atoms with Crippen LogP contribution in [0.3, 0.4) is 0 Å². The van der Waals surface area contributed by atoms with Gasteiger partial charge in [-0.25, -0.2) is 4.98 Å². The highest BCUT2D eigenvalue weighted by atomic mass is 16.2. The minimum atomic E-state index is -0.402. The van der Waals surface area contributed by atoms with Crippen molar-refractivity contribution in [3.8, 4) is 5.69 Å². The van der Waals surface area contributed by atoms with Crippen LogP contribution in [0.1, 0.15) is 34.8 Å². The molecule has 194 valence electrons. The highest BCUT2D eigenvalue weighted by molar-refractivity contribution is 5.97. The van der Waals surface area contributed by atoms with Crippen molar-refractivity contribution in [1.82, 2.24) is 25.2 Å². The summed E-state index contributed by atoms with van der Waals surface area (Å²) in [5.74, 6) is -0.0198. The Morgan fingerprint density at radius 3 is 2.58 bits per heavy atom. The van der Waals surface area contributed by atoms with Gasteiger partial charge in [-0.3, -0.25) is 9.59 Å². The fourth-order valence-electron chi connectivity index (χ4n) is 5.30. The van der Waals surface area contributed by atoms with Gasteiger partial charge in [-0.05, 0) is 73.7 Å². The van der Waals surface area contributed by atoms with Gasteiger partial charge >= 0.3 is 0 Å². The Bertz CT molecular complexity index is 1560. The molecule has 6 rings (SSSR count). The van der Waals surface area contributed by atoms with Crippen LogP contribution in [0.4, 0.5) is 17.3 Å². The van der Waals surface area contributed by atoms with Crippen LogP contribution in [-0.4, -0.2) is 53.2 Å². The second kappa shape index (κ2) is 10.3. The second-order valence-electron chi connectivity index (χ2n) is 9.75. The Balaban J connectivity index is 1.39. The predicted molar refractivity (Wildman–Crippen MR) is 150 cm³/mol. The summed E-state index contributed by atoms with van der Waals surface area (Å²) in [6.07, 6.45) is 6.35. The molecule has 9 heteroatoms. The first-order valence-corrected chi connectivity index (χ1v) is 13.3. The van der Waals surface area contributed by atoms with Crippen molar-refractivity contribution in [3.05, 3.63) is 81.8 Å². The van der Waals surface area contributed by atoms with E-state index in [2.05, 4.69) is 50.1 Å². The van der Waals surface area contributed by atoms with Crippen LogP contribution in [0, 0.1) is 0 Å². The Morgan fingerprint density at radius 1 is 1.03 bits per heavy atom.